The number of carbonyl (C=O) groups excluding carboxylic acids is 1. The molecule has 0 bridgehead atoms. The third kappa shape index (κ3) is 36.4. The van der Waals surface area contributed by atoms with E-state index in [2.05, 4.69) is 55.6 Å². The highest BCUT2D eigenvalue weighted by molar-refractivity contribution is 7.85. The quantitative estimate of drug-likeness (QED) is 0.0286. The molecule has 0 rings (SSSR count). The van der Waals surface area contributed by atoms with E-state index in [9.17, 15) is 28.0 Å². The fourth-order valence-corrected chi connectivity index (χ4v) is 6.80. The van der Waals surface area contributed by atoms with E-state index < -0.39 is 40.0 Å². The van der Waals surface area contributed by atoms with Gasteiger partial charge in [0.1, 0.15) is 6.10 Å². The molecule has 0 radical (unpaired) electrons. The summed E-state index contributed by atoms with van der Waals surface area (Å²) in [6, 6.07) is -1.26. The molecule has 0 aromatic heterocycles. The molecule has 0 aliphatic rings. The molecule has 51 heavy (non-hydrogen) atoms. The van der Waals surface area contributed by atoms with Gasteiger partial charge in [-0.15, -0.1) is 0 Å². The van der Waals surface area contributed by atoms with Gasteiger partial charge in [-0.25, -0.2) is 0 Å². The number of nitrogens with one attached hydrogen (secondary N) is 1. The SMILES string of the molecule is CCCCCCCCC/C=C/CC/C=C/CC/C=C/C(O)C(CS(=O)(=O)O)NC(=O)C(O)CCCCCC/C=C\CCCCCCCCCCC. The van der Waals surface area contributed by atoms with Gasteiger partial charge >= 0.3 is 0 Å². The number of carbonyl (C=O) groups is 1. The summed E-state index contributed by atoms with van der Waals surface area (Å²) in [6.07, 6.45) is 45.9. The molecular weight excluding hydrogens is 659 g/mol. The van der Waals surface area contributed by atoms with E-state index in [0.29, 0.717) is 12.8 Å². The highest BCUT2D eigenvalue weighted by Gasteiger charge is 2.27. The second kappa shape index (κ2) is 36.6. The normalized spacial score (nSPS) is 14.4. The van der Waals surface area contributed by atoms with Crippen molar-refractivity contribution in [3.63, 3.8) is 0 Å². The van der Waals surface area contributed by atoms with Crippen molar-refractivity contribution in [3.05, 3.63) is 48.6 Å². The van der Waals surface area contributed by atoms with Gasteiger partial charge in [-0.2, -0.15) is 8.42 Å². The van der Waals surface area contributed by atoms with Crippen molar-refractivity contribution in [3.8, 4) is 0 Å². The van der Waals surface area contributed by atoms with Crippen molar-refractivity contribution < 1.29 is 28.0 Å². The third-order valence-electron chi connectivity index (χ3n) is 9.31. The van der Waals surface area contributed by atoms with E-state index in [0.717, 1.165) is 57.8 Å². The second-order valence-electron chi connectivity index (χ2n) is 14.4. The Bertz CT molecular complexity index is 1010. The van der Waals surface area contributed by atoms with Crippen LogP contribution in [0.5, 0.6) is 0 Å². The lowest BCUT2D eigenvalue weighted by atomic mass is 10.1. The van der Waals surface area contributed by atoms with E-state index in [4.69, 9.17) is 0 Å². The summed E-state index contributed by atoms with van der Waals surface area (Å²) in [7, 11) is -4.46. The van der Waals surface area contributed by atoms with Crippen LogP contribution in [0.4, 0.5) is 0 Å². The second-order valence-corrected chi connectivity index (χ2v) is 15.9. The minimum atomic E-state index is -4.46. The van der Waals surface area contributed by atoms with Crippen LogP contribution < -0.4 is 5.32 Å². The minimum Gasteiger partial charge on any atom is -0.387 e. The van der Waals surface area contributed by atoms with Gasteiger partial charge in [0.15, 0.2) is 0 Å². The maximum absolute atomic E-state index is 12.6. The van der Waals surface area contributed by atoms with E-state index in [1.165, 1.54) is 109 Å². The van der Waals surface area contributed by atoms with Crippen molar-refractivity contribution in [1.29, 1.82) is 0 Å². The molecule has 0 fully saturated rings. The molecule has 0 saturated carbocycles. The van der Waals surface area contributed by atoms with Crippen molar-refractivity contribution in [2.75, 3.05) is 5.75 Å². The van der Waals surface area contributed by atoms with Gasteiger partial charge < -0.3 is 15.5 Å². The summed E-state index contributed by atoms with van der Waals surface area (Å²) in [5, 5.41) is 23.4. The van der Waals surface area contributed by atoms with Crippen LogP contribution in [0.3, 0.4) is 0 Å². The van der Waals surface area contributed by atoms with Crippen LogP contribution in [0.1, 0.15) is 194 Å². The number of rotatable bonds is 37. The predicted octanol–water partition coefficient (Wildman–Crippen LogP) is 11.3. The molecule has 8 heteroatoms. The van der Waals surface area contributed by atoms with Crippen molar-refractivity contribution in [1.82, 2.24) is 5.32 Å². The molecule has 0 aliphatic carbocycles. The van der Waals surface area contributed by atoms with Gasteiger partial charge in [-0.05, 0) is 70.6 Å². The zero-order valence-corrected chi connectivity index (χ0v) is 33.6. The van der Waals surface area contributed by atoms with Gasteiger partial charge in [0, 0.05) is 0 Å². The van der Waals surface area contributed by atoms with Crippen LogP contribution in [-0.2, 0) is 14.9 Å². The van der Waals surface area contributed by atoms with Crippen molar-refractivity contribution in [2.24, 2.45) is 0 Å². The number of hydrogen-bond acceptors (Lipinski definition) is 5. The number of allylic oxidation sites excluding steroid dienone is 7. The molecule has 4 N–H and O–H groups in total. The molecule has 0 spiro atoms. The van der Waals surface area contributed by atoms with Gasteiger partial charge in [0.05, 0.1) is 17.9 Å². The summed E-state index contributed by atoms with van der Waals surface area (Å²) in [5.41, 5.74) is 0. The van der Waals surface area contributed by atoms with E-state index in [1.54, 1.807) is 6.08 Å². The first kappa shape index (κ1) is 49.3. The summed E-state index contributed by atoms with van der Waals surface area (Å²) >= 11 is 0. The molecular formula is C43H79NO6S. The maximum Gasteiger partial charge on any atom is 0.267 e. The number of unbranched alkanes of at least 4 members (excludes halogenated alkanes) is 22. The van der Waals surface area contributed by atoms with Crippen molar-refractivity contribution in [2.45, 2.75) is 212 Å². The van der Waals surface area contributed by atoms with Crippen LogP contribution >= 0.6 is 0 Å². The Balaban J connectivity index is 4.13. The van der Waals surface area contributed by atoms with E-state index in [1.807, 2.05) is 0 Å². The van der Waals surface area contributed by atoms with Crippen LogP contribution in [0.25, 0.3) is 0 Å². The number of hydrogen-bond donors (Lipinski definition) is 4. The zero-order chi connectivity index (χ0) is 37.7. The molecule has 7 nitrogen and oxygen atoms in total. The van der Waals surface area contributed by atoms with Crippen LogP contribution in [0.2, 0.25) is 0 Å². The summed E-state index contributed by atoms with van der Waals surface area (Å²) in [5.74, 6) is -1.58. The average Bonchev–Trinajstić information content (AvgIpc) is 3.09. The minimum absolute atomic E-state index is 0.256. The zero-order valence-electron chi connectivity index (χ0n) is 32.8. The number of aliphatic hydroxyl groups is 2. The van der Waals surface area contributed by atoms with Crippen molar-refractivity contribution >= 4 is 16.0 Å². The first-order valence-electron chi connectivity index (χ1n) is 20.9. The Labute approximate surface area is 314 Å². The summed E-state index contributed by atoms with van der Waals surface area (Å²) in [6.45, 7) is 4.50. The smallest absolute Gasteiger partial charge is 0.267 e. The highest BCUT2D eigenvalue weighted by Crippen LogP contribution is 2.13. The van der Waals surface area contributed by atoms with Gasteiger partial charge in [0.25, 0.3) is 10.1 Å². The Hall–Kier alpha value is -1.74. The van der Waals surface area contributed by atoms with Gasteiger partial charge in [0.2, 0.25) is 5.91 Å². The first-order valence-corrected chi connectivity index (χ1v) is 22.6. The van der Waals surface area contributed by atoms with Gasteiger partial charge in [-0.1, -0.05) is 172 Å². The fraction of sp³-hybridized carbons (Fsp3) is 0.791. The predicted molar refractivity (Wildman–Crippen MR) is 218 cm³/mol. The Morgan fingerprint density at radius 1 is 0.529 bits per heavy atom. The van der Waals surface area contributed by atoms with Crippen LogP contribution in [0.15, 0.2) is 48.6 Å². The largest absolute Gasteiger partial charge is 0.387 e. The molecule has 0 aromatic carbocycles. The lowest BCUT2D eigenvalue weighted by molar-refractivity contribution is -0.130. The van der Waals surface area contributed by atoms with E-state index in [-0.39, 0.29) is 6.42 Å². The fourth-order valence-electron chi connectivity index (χ4n) is 6.07. The number of aliphatic hydroxyl groups excluding tert-OH is 2. The monoisotopic (exact) mass is 738 g/mol. The topological polar surface area (TPSA) is 124 Å². The number of amides is 1. The first-order chi connectivity index (χ1) is 24.7. The van der Waals surface area contributed by atoms with Crippen LogP contribution in [-0.4, -0.2) is 53.1 Å². The molecule has 0 aliphatic heterocycles. The third-order valence-corrected chi connectivity index (χ3v) is 10.1. The standard InChI is InChI=1S/C43H79NO6S/c1-3-5-7-9-11-13-15-17-19-21-23-25-27-29-31-33-35-37-41(45)40(39-51(48,49)50)44-43(47)42(46)38-36-34-32-30-28-26-24-22-20-18-16-14-12-10-8-6-4-2/h19,21,24,26-27,29,35,37,40-42,45-46H,3-18,20,22-23,25,28,30-34,36,38-39H2,1-2H3,(H,44,47)(H,48,49,50)/b21-19+,26-24-,29-27+,37-35+. The molecule has 3 atom stereocenters. The molecule has 0 saturated heterocycles. The summed E-state index contributed by atoms with van der Waals surface area (Å²) < 4.78 is 32.5. The molecule has 1 amide bonds. The average molecular weight is 738 g/mol. The van der Waals surface area contributed by atoms with E-state index >= 15 is 0 Å². The lowest BCUT2D eigenvalue weighted by Gasteiger charge is -2.22. The molecule has 298 valence electrons. The molecule has 0 aromatic rings. The van der Waals surface area contributed by atoms with Gasteiger partial charge in [-0.3, -0.25) is 9.35 Å². The maximum atomic E-state index is 12.6. The Kier molecular flexibility index (Phi) is 35.4. The molecule has 3 unspecified atom stereocenters. The summed E-state index contributed by atoms with van der Waals surface area (Å²) in [4.78, 5) is 12.6. The lowest BCUT2D eigenvalue weighted by Crippen LogP contribution is -2.50. The Morgan fingerprint density at radius 2 is 0.882 bits per heavy atom. The van der Waals surface area contributed by atoms with Crippen LogP contribution in [0, 0.1) is 0 Å². The highest BCUT2D eigenvalue weighted by atomic mass is 32.2. The molecule has 0 heterocycles. The Morgan fingerprint density at radius 3 is 1.29 bits per heavy atom.